The van der Waals surface area contributed by atoms with Gasteiger partial charge in [-0.05, 0) is 31.9 Å². The van der Waals surface area contributed by atoms with Gasteiger partial charge >= 0.3 is 6.18 Å². The number of nitrogens with one attached hydrogen (secondary N) is 3. The Kier molecular flexibility index (Phi) is 8.99. The summed E-state index contributed by atoms with van der Waals surface area (Å²) in [5.41, 5.74) is -0.826. The molecule has 0 fully saturated rings. The van der Waals surface area contributed by atoms with Crippen molar-refractivity contribution in [3.8, 4) is 0 Å². The molecule has 10 heteroatoms. The maximum Gasteiger partial charge on any atom is 0.434 e. The Morgan fingerprint density at radius 1 is 1.18 bits per heavy atom. The first kappa shape index (κ1) is 21.9. The van der Waals surface area contributed by atoms with Crippen molar-refractivity contribution in [3.63, 3.8) is 0 Å². The van der Waals surface area contributed by atoms with Gasteiger partial charge in [0.15, 0.2) is 11.7 Å². The van der Waals surface area contributed by atoms with Crippen molar-refractivity contribution in [1.29, 1.82) is 0 Å². The first-order chi connectivity index (χ1) is 13.5. The fourth-order valence-electron chi connectivity index (χ4n) is 2.30. The van der Waals surface area contributed by atoms with Crippen molar-refractivity contribution < 1.29 is 13.2 Å². The normalized spacial score (nSPS) is 12.1. The SMILES string of the molecule is CCNC(=NCCCCNc1ccccn1)NCCc1nc(C(F)(F)F)cs1. The molecule has 0 unspecified atom stereocenters. The van der Waals surface area contributed by atoms with Gasteiger partial charge in [-0.1, -0.05) is 6.07 Å². The van der Waals surface area contributed by atoms with Gasteiger partial charge in [0.2, 0.25) is 0 Å². The summed E-state index contributed by atoms with van der Waals surface area (Å²) in [6, 6.07) is 5.73. The van der Waals surface area contributed by atoms with E-state index in [1.54, 1.807) is 6.20 Å². The van der Waals surface area contributed by atoms with Crippen molar-refractivity contribution in [2.45, 2.75) is 32.4 Å². The Bertz CT molecular complexity index is 718. The molecule has 2 heterocycles. The number of alkyl halides is 3. The van der Waals surface area contributed by atoms with Gasteiger partial charge in [0.05, 0.1) is 5.01 Å². The average molecular weight is 415 g/mol. The molecule has 2 rings (SSSR count). The molecule has 0 saturated heterocycles. The van der Waals surface area contributed by atoms with Gasteiger partial charge in [-0.3, -0.25) is 4.99 Å². The van der Waals surface area contributed by atoms with E-state index in [9.17, 15) is 13.2 Å². The number of aromatic nitrogens is 2. The van der Waals surface area contributed by atoms with E-state index in [2.05, 4.69) is 30.9 Å². The van der Waals surface area contributed by atoms with Crippen LogP contribution in [0.25, 0.3) is 0 Å². The molecule has 28 heavy (non-hydrogen) atoms. The zero-order chi connectivity index (χ0) is 20.2. The molecular weight excluding hydrogens is 389 g/mol. The van der Waals surface area contributed by atoms with Crippen molar-refractivity contribution in [1.82, 2.24) is 20.6 Å². The smallest absolute Gasteiger partial charge is 0.370 e. The van der Waals surface area contributed by atoms with E-state index in [-0.39, 0.29) is 0 Å². The van der Waals surface area contributed by atoms with Gasteiger partial charge in [0.25, 0.3) is 0 Å². The monoisotopic (exact) mass is 414 g/mol. The minimum atomic E-state index is -4.38. The van der Waals surface area contributed by atoms with Crippen LogP contribution in [0.5, 0.6) is 0 Å². The summed E-state index contributed by atoms with van der Waals surface area (Å²) >= 11 is 1.02. The maximum atomic E-state index is 12.6. The van der Waals surface area contributed by atoms with Crippen LogP contribution in [0.1, 0.15) is 30.5 Å². The molecule has 0 amide bonds. The number of anilines is 1. The summed E-state index contributed by atoms with van der Waals surface area (Å²) in [7, 11) is 0. The van der Waals surface area contributed by atoms with E-state index in [0.717, 1.165) is 41.9 Å². The molecule has 0 aliphatic rings. The van der Waals surface area contributed by atoms with Gasteiger partial charge in [0.1, 0.15) is 5.82 Å². The molecular formula is C18H25F3N6S. The van der Waals surface area contributed by atoms with Crippen LogP contribution in [0.4, 0.5) is 19.0 Å². The molecule has 0 aromatic carbocycles. The van der Waals surface area contributed by atoms with Crippen LogP contribution < -0.4 is 16.0 Å². The molecule has 0 aliphatic carbocycles. The lowest BCUT2D eigenvalue weighted by Gasteiger charge is -2.10. The number of unbranched alkanes of at least 4 members (excludes halogenated alkanes) is 1. The minimum Gasteiger partial charge on any atom is -0.370 e. The molecule has 3 N–H and O–H groups in total. The lowest BCUT2D eigenvalue weighted by molar-refractivity contribution is -0.140. The molecule has 2 aromatic heterocycles. The number of hydrogen-bond donors (Lipinski definition) is 3. The largest absolute Gasteiger partial charge is 0.434 e. The van der Waals surface area contributed by atoms with Gasteiger partial charge in [-0.25, -0.2) is 9.97 Å². The summed E-state index contributed by atoms with van der Waals surface area (Å²) in [5.74, 6) is 1.52. The molecule has 0 radical (unpaired) electrons. The fraction of sp³-hybridized carbons (Fsp3) is 0.500. The molecule has 2 aromatic rings. The number of guanidine groups is 1. The van der Waals surface area contributed by atoms with Crippen LogP contribution in [0.2, 0.25) is 0 Å². The first-order valence-electron chi connectivity index (χ1n) is 9.17. The quantitative estimate of drug-likeness (QED) is 0.315. The molecule has 0 bridgehead atoms. The fourth-order valence-corrected chi connectivity index (χ4v) is 3.10. The second kappa shape index (κ2) is 11.5. The third-order valence-corrected chi connectivity index (χ3v) is 4.55. The number of halogens is 3. The lowest BCUT2D eigenvalue weighted by atomic mass is 10.3. The average Bonchev–Trinajstić information content (AvgIpc) is 3.15. The third kappa shape index (κ3) is 8.12. The lowest BCUT2D eigenvalue weighted by Crippen LogP contribution is -2.38. The van der Waals surface area contributed by atoms with Crippen LogP contribution in [-0.2, 0) is 12.6 Å². The zero-order valence-corrected chi connectivity index (χ0v) is 16.5. The number of nitrogens with zero attached hydrogens (tertiary/aromatic N) is 3. The van der Waals surface area contributed by atoms with Gasteiger partial charge in [0, 0.05) is 44.2 Å². The third-order valence-electron chi connectivity index (χ3n) is 3.64. The van der Waals surface area contributed by atoms with Crippen molar-refractivity contribution in [3.05, 3.63) is 40.5 Å². The zero-order valence-electron chi connectivity index (χ0n) is 15.7. The molecule has 154 valence electrons. The van der Waals surface area contributed by atoms with Crippen LogP contribution in [-0.4, -0.2) is 42.1 Å². The number of thiazole rings is 1. The highest BCUT2D eigenvalue weighted by atomic mass is 32.1. The predicted octanol–water partition coefficient (Wildman–Crippen LogP) is 3.55. The summed E-state index contributed by atoms with van der Waals surface area (Å²) < 4.78 is 37.7. The Balaban J connectivity index is 1.66. The summed E-state index contributed by atoms with van der Waals surface area (Å²) in [4.78, 5) is 12.3. The first-order valence-corrected chi connectivity index (χ1v) is 10.1. The van der Waals surface area contributed by atoms with Crippen molar-refractivity contribution >= 4 is 23.1 Å². The standard InChI is InChI=1S/C18H25F3N6S/c1-2-22-17(25-11-6-5-10-24-15-7-3-4-9-23-15)26-12-8-16-27-14(13-28-16)18(19,20)21/h3-4,7,9,13H,2,5-6,8,10-12H2,1H3,(H,23,24)(H2,22,25,26). The Labute approximate surface area is 166 Å². The summed E-state index contributed by atoms with van der Waals surface area (Å²) in [6.45, 7) is 4.63. The van der Waals surface area contributed by atoms with Gasteiger partial charge < -0.3 is 16.0 Å². The van der Waals surface area contributed by atoms with Gasteiger partial charge in [-0.2, -0.15) is 13.2 Å². The van der Waals surface area contributed by atoms with E-state index < -0.39 is 11.9 Å². The van der Waals surface area contributed by atoms with Crippen LogP contribution in [0.3, 0.4) is 0 Å². The van der Waals surface area contributed by atoms with Crippen LogP contribution in [0.15, 0.2) is 34.8 Å². The number of aliphatic imine (C=N–C) groups is 1. The predicted molar refractivity (Wildman–Crippen MR) is 107 cm³/mol. The molecule has 0 atom stereocenters. The number of pyridine rings is 1. The minimum absolute atomic E-state index is 0.416. The number of rotatable bonds is 10. The summed E-state index contributed by atoms with van der Waals surface area (Å²) in [6.07, 6.45) is -0.351. The van der Waals surface area contributed by atoms with Crippen molar-refractivity contribution in [2.24, 2.45) is 4.99 Å². The topological polar surface area (TPSA) is 74.2 Å². The highest BCUT2D eigenvalue weighted by Crippen LogP contribution is 2.29. The van der Waals surface area contributed by atoms with Crippen LogP contribution >= 0.6 is 11.3 Å². The Morgan fingerprint density at radius 2 is 2.04 bits per heavy atom. The maximum absolute atomic E-state index is 12.6. The second-order valence-corrected chi connectivity index (χ2v) is 6.85. The van der Waals surface area contributed by atoms with Gasteiger partial charge in [-0.15, -0.1) is 11.3 Å². The Morgan fingerprint density at radius 3 is 2.71 bits per heavy atom. The van der Waals surface area contributed by atoms with Crippen molar-refractivity contribution in [2.75, 3.05) is 31.5 Å². The van der Waals surface area contributed by atoms with E-state index in [1.807, 2.05) is 25.1 Å². The number of hydrogen-bond acceptors (Lipinski definition) is 5. The highest BCUT2D eigenvalue weighted by Gasteiger charge is 2.33. The second-order valence-electron chi connectivity index (χ2n) is 5.91. The molecule has 0 spiro atoms. The van der Waals surface area contributed by atoms with E-state index in [1.165, 1.54) is 0 Å². The molecule has 0 saturated carbocycles. The highest BCUT2D eigenvalue weighted by molar-refractivity contribution is 7.09. The van der Waals surface area contributed by atoms with Crippen LogP contribution in [0, 0.1) is 0 Å². The Hall–Kier alpha value is -2.36. The molecule has 0 aliphatic heterocycles. The molecule has 6 nitrogen and oxygen atoms in total. The van der Waals surface area contributed by atoms with E-state index >= 15 is 0 Å². The van der Waals surface area contributed by atoms with E-state index in [0.29, 0.717) is 37.0 Å². The summed E-state index contributed by atoms with van der Waals surface area (Å²) in [5, 5.41) is 11.0. The van der Waals surface area contributed by atoms with E-state index in [4.69, 9.17) is 0 Å².